The van der Waals surface area contributed by atoms with Gasteiger partial charge in [0.25, 0.3) is 0 Å². The van der Waals surface area contributed by atoms with Gasteiger partial charge in [0.05, 0.1) is 13.2 Å². The molecule has 0 aromatic rings. The van der Waals surface area contributed by atoms with Crippen molar-refractivity contribution in [2.24, 2.45) is 0 Å². The van der Waals surface area contributed by atoms with Crippen LogP contribution in [0.25, 0.3) is 0 Å². The summed E-state index contributed by atoms with van der Waals surface area (Å²) in [6.07, 6.45) is -14.0. The predicted octanol–water partition coefficient (Wildman–Crippen LogP) is -8.29. The molecular formula is C20H38CaO18. The van der Waals surface area contributed by atoms with Crippen LogP contribution in [0.2, 0.25) is 0 Å². The summed E-state index contributed by atoms with van der Waals surface area (Å²) in [5.74, 6) is -5.37. The molecule has 0 aromatic heterocycles. The maximum Gasteiger partial charge on any atom is 2.00 e. The number of carboxylic acid groups (broad SMARTS) is 4. The number of rotatable bonds is 14. The Labute approximate surface area is 253 Å². The summed E-state index contributed by atoms with van der Waals surface area (Å²) in [5.41, 5.74) is 0. The smallest absolute Gasteiger partial charge is 0.550 e. The first-order valence-corrected chi connectivity index (χ1v) is 10.9. The molecule has 0 spiro atoms. The fourth-order valence-electron chi connectivity index (χ4n) is 1.75. The molecule has 0 aliphatic rings. The van der Waals surface area contributed by atoms with Crippen molar-refractivity contribution in [2.75, 3.05) is 13.2 Å². The van der Waals surface area contributed by atoms with Crippen LogP contribution in [0.4, 0.5) is 0 Å². The van der Waals surface area contributed by atoms with E-state index in [1.807, 2.05) is 0 Å². The van der Waals surface area contributed by atoms with Crippen molar-refractivity contribution >= 4 is 61.6 Å². The molecule has 12 N–H and O–H groups in total. The monoisotopic (exact) mass is 606 g/mol. The Morgan fingerprint density at radius 2 is 0.795 bits per heavy atom. The first-order chi connectivity index (χ1) is 17.4. The van der Waals surface area contributed by atoms with E-state index in [9.17, 15) is 29.4 Å². The largest absolute Gasteiger partial charge is 2.00 e. The molecule has 0 saturated heterocycles. The van der Waals surface area contributed by atoms with Gasteiger partial charge in [-0.3, -0.25) is 0 Å². The van der Waals surface area contributed by atoms with Crippen LogP contribution in [-0.2, 0) is 19.2 Å². The second-order valence-electron chi connectivity index (χ2n) is 7.27. The van der Waals surface area contributed by atoms with E-state index in [-0.39, 0.29) is 50.6 Å². The molecule has 0 radical (unpaired) electrons. The molecule has 19 heteroatoms. The van der Waals surface area contributed by atoms with Crippen LogP contribution < -0.4 is 10.2 Å². The molecule has 0 saturated carbocycles. The Bertz CT molecular complexity index is 596. The van der Waals surface area contributed by atoms with Crippen molar-refractivity contribution in [3.8, 4) is 0 Å². The van der Waals surface area contributed by atoms with Crippen LogP contribution in [0, 0.1) is 0 Å². The minimum atomic E-state index is -2.20. The summed E-state index contributed by atoms with van der Waals surface area (Å²) in [7, 11) is 0. The van der Waals surface area contributed by atoms with E-state index in [4.69, 9.17) is 61.3 Å². The quantitative estimate of drug-likeness (QED) is 0.0816. The van der Waals surface area contributed by atoms with E-state index < -0.39 is 85.9 Å². The molecular weight excluding hydrogens is 568 g/mol. The van der Waals surface area contributed by atoms with Crippen LogP contribution in [0.3, 0.4) is 0 Å². The van der Waals surface area contributed by atoms with E-state index >= 15 is 0 Å². The molecule has 8 atom stereocenters. The number of carbonyl (C=O) groups excluding carboxylic acids is 2. The maximum atomic E-state index is 10.1. The number of aliphatic carboxylic acids is 4. The molecule has 228 valence electrons. The third kappa shape index (κ3) is 26.7. The molecule has 0 rings (SSSR count). The van der Waals surface area contributed by atoms with Crippen molar-refractivity contribution in [3.05, 3.63) is 0 Å². The van der Waals surface area contributed by atoms with Crippen LogP contribution in [0.5, 0.6) is 0 Å². The minimum Gasteiger partial charge on any atom is -0.550 e. The Hall–Kier alpha value is -1.26. The number of hydrogen-bond acceptors (Lipinski definition) is 16. The first-order valence-electron chi connectivity index (χ1n) is 10.9. The standard InChI is InChI=1S/2C6H12O7.2C4H8O2.Ca/c2*7-1-2(8)3(9)4(10)5(11)6(12)13;2*1-2-3-4(5)6;/h2*2-5,7-11H,1H2,(H,12,13);2*2-3H2,1H3,(H,5,6);/q;;;;+2/p-2/t2*2-,3-,4+,5-;;;/m11.../s1. The number of carbonyl (C=O) groups is 4. The third-order valence-corrected chi connectivity index (χ3v) is 3.92. The topological polar surface area (TPSA) is 357 Å². The van der Waals surface area contributed by atoms with Gasteiger partial charge in [-0.15, -0.1) is 0 Å². The number of aliphatic hydroxyl groups is 10. The average molecular weight is 607 g/mol. The summed E-state index contributed by atoms with van der Waals surface area (Å²) >= 11 is 0. The molecule has 0 aliphatic carbocycles. The first kappa shape index (κ1) is 47.5. The Balaban J connectivity index is -0.000000139. The van der Waals surface area contributed by atoms with Crippen molar-refractivity contribution in [3.63, 3.8) is 0 Å². The number of aliphatic hydroxyl groups excluding tert-OH is 10. The van der Waals surface area contributed by atoms with Gasteiger partial charge in [-0.1, -0.05) is 26.7 Å². The van der Waals surface area contributed by atoms with Crippen LogP contribution in [0.15, 0.2) is 0 Å². The van der Waals surface area contributed by atoms with Crippen molar-refractivity contribution in [1.29, 1.82) is 0 Å². The molecule has 0 aliphatic heterocycles. The molecule has 0 fully saturated rings. The van der Waals surface area contributed by atoms with E-state index in [2.05, 4.69) is 0 Å². The Kier molecular flexibility index (Phi) is 34.5. The summed E-state index contributed by atoms with van der Waals surface area (Å²) in [6.45, 7) is 1.92. The maximum absolute atomic E-state index is 10.1. The van der Waals surface area contributed by atoms with Gasteiger partial charge in [0.1, 0.15) is 36.6 Å². The molecule has 0 aromatic carbocycles. The predicted molar refractivity (Wildman–Crippen MR) is 123 cm³/mol. The van der Waals surface area contributed by atoms with Gasteiger partial charge in [-0.25, -0.2) is 9.59 Å². The van der Waals surface area contributed by atoms with Gasteiger partial charge in [-0.2, -0.15) is 0 Å². The second kappa shape index (κ2) is 28.3. The molecule has 18 nitrogen and oxygen atoms in total. The average Bonchev–Trinajstić information content (AvgIpc) is 2.85. The van der Waals surface area contributed by atoms with Gasteiger partial charge in [0.15, 0.2) is 12.2 Å². The Morgan fingerprint density at radius 1 is 0.564 bits per heavy atom. The second-order valence-corrected chi connectivity index (χ2v) is 7.27. The molecule has 0 heterocycles. The van der Waals surface area contributed by atoms with E-state index in [0.717, 1.165) is 0 Å². The van der Waals surface area contributed by atoms with E-state index in [1.165, 1.54) is 0 Å². The summed E-state index contributed by atoms with van der Waals surface area (Å²) < 4.78 is 0. The zero-order valence-electron chi connectivity index (χ0n) is 21.4. The van der Waals surface area contributed by atoms with Gasteiger partial charge in [0, 0.05) is 11.9 Å². The van der Waals surface area contributed by atoms with Crippen molar-refractivity contribution in [1.82, 2.24) is 0 Å². The summed E-state index contributed by atoms with van der Waals surface area (Å²) in [4.78, 5) is 39.2. The van der Waals surface area contributed by atoms with Gasteiger partial charge < -0.3 is 81.1 Å². The molecule has 0 bridgehead atoms. The zero-order valence-corrected chi connectivity index (χ0v) is 23.6. The fourth-order valence-corrected chi connectivity index (χ4v) is 1.75. The van der Waals surface area contributed by atoms with Gasteiger partial charge in [0.2, 0.25) is 0 Å². The van der Waals surface area contributed by atoms with Crippen molar-refractivity contribution in [2.45, 2.75) is 88.4 Å². The van der Waals surface area contributed by atoms with Crippen LogP contribution >= 0.6 is 0 Å². The summed E-state index contributed by atoms with van der Waals surface area (Å²) in [5, 5.41) is 123. The van der Waals surface area contributed by atoms with Crippen LogP contribution in [0.1, 0.15) is 39.5 Å². The number of carboxylic acids is 4. The van der Waals surface area contributed by atoms with Crippen molar-refractivity contribution < 1.29 is 90.7 Å². The van der Waals surface area contributed by atoms with Gasteiger partial charge >= 0.3 is 49.7 Å². The van der Waals surface area contributed by atoms with E-state index in [1.54, 1.807) is 13.8 Å². The Morgan fingerprint density at radius 3 is 0.897 bits per heavy atom. The zero-order chi connectivity index (χ0) is 31.2. The van der Waals surface area contributed by atoms with Gasteiger partial charge in [-0.05, 0) is 12.8 Å². The molecule has 39 heavy (non-hydrogen) atoms. The van der Waals surface area contributed by atoms with Crippen LogP contribution in [-0.4, -0.2) is 185 Å². The van der Waals surface area contributed by atoms with E-state index in [0.29, 0.717) is 12.8 Å². The molecule has 0 amide bonds. The third-order valence-electron chi connectivity index (χ3n) is 3.92. The molecule has 0 unspecified atom stereocenters. The summed E-state index contributed by atoms with van der Waals surface area (Å²) in [6, 6.07) is 0. The SMILES string of the molecule is CCCC(=O)[O-].CCCC(=O)[O-].O=C(O)[C@H](O)[C@@H](O)[C@H](O)[C@H](O)CO.O=C(O)[C@H](O)[C@@H](O)[C@H](O)[C@H](O)CO.[Ca+2]. The fraction of sp³-hybridized carbons (Fsp3) is 0.800. The normalized spacial score (nSPS) is 16.1. The minimum absolute atomic E-state index is 0. The number of hydrogen-bond donors (Lipinski definition) is 12.